The summed E-state index contributed by atoms with van der Waals surface area (Å²) in [6.07, 6.45) is -0.580. The highest BCUT2D eigenvalue weighted by Gasteiger charge is 2.20. The van der Waals surface area contributed by atoms with Crippen LogP contribution < -0.4 is 0 Å². The summed E-state index contributed by atoms with van der Waals surface area (Å²) in [5.41, 5.74) is -0.355. The van der Waals surface area contributed by atoms with Gasteiger partial charge in [0.2, 0.25) is 0 Å². The highest BCUT2D eigenvalue weighted by atomic mass is 32.2. The van der Waals surface area contributed by atoms with Gasteiger partial charge in [-0.25, -0.2) is 4.79 Å². The van der Waals surface area contributed by atoms with Crippen molar-refractivity contribution in [2.45, 2.75) is 17.9 Å². The first-order valence-corrected chi connectivity index (χ1v) is 7.42. The molecule has 110 valence electrons. The SMILES string of the molecule is CC(CSc1ccc(C(=O)O)cc1[N+](=O)[O-])C(O)CS. The molecule has 6 nitrogen and oxygen atoms in total. The zero-order chi connectivity index (χ0) is 15.3. The van der Waals surface area contributed by atoms with E-state index in [9.17, 15) is 20.0 Å². The predicted molar refractivity (Wildman–Crippen MR) is 79.8 cm³/mol. The molecule has 0 heterocycles. The van der Waals surface area contributed by atoms with E-state index in [2.05, 4.69) is 12.6 Å². The molecule has 0 amide bonds. The number of nitro benzene ring substituents is 1. The van der Waals surface area contributed by atoms with Gasteiger partial charge in [-0.1, -0.05) is 6.92 Å². The summed E-state index contributed by atoms with van der Waals surface area (Å²) in [5.74, 6) is -0.476. The van der Waals surface area contributed by atoms with Crippen molar-refractivity contribution in [3.63, 3.8) is 0 Å². The molecule has 0 fully saturated rings. The standard InChI is InChI=1S/C12H15NO5S2/c1-7(10(14)5-19)6-20-11-3-2-8(12(15)16)4-9(11)13(17)18/h2-4,7,10,14,19H,5-6H2,1H3,(H,15,16). The average Bonchev–Trinajstić information content (AvgIpc) is 2.43. The number of thiol groups is 1. The number of aliphatic hydroxyl groups excluding tert-OH is 1. The smallest absolute Gasteiger partial charge is 0.335 e. The van der Waals surface area contributed by atoms with E-state index in [1.807, 2.05) is 6.92 Å². The van der Waals surface area contributed by atoms with Gasteiger partial charge in [-0.3, -0.25) is 10.1 Å². The molecule has 20 heavy (non-hydrogen) atoms. The number of carbonyl (C=O) groups is 1. The maximum atomic E-state index is 11.0. The van der Waals surface area contributed by atoms with Crippen LogP contribution in [0.1, 0.15) is 17.3 Å². The second kappa shape index (κ2) is 7.51. The Labute approximate surface area is 125 Å². The first-order chi connectivity index (χ1) is 9.36. The predicted octanol–water partition coefficient (Wildman–Crippen LogP) is 2.31. The molecular weight excluding hydrogens is 302 g/mol. The van der Waals surface area contributed by atoms with Crippen molar-refractivity contribution < 1.29 is 19.9 Å². The molecule has 1 aromatic rings. The normalized spacial score (nSPS) is 13.8. The lowest BCUT2D eigenvalue weighted by Gasteiger charge is -2.16. The van der Waals surface area contributed by atoms with Gasteiger partial charge in [0.25, 0.3) is 5.69 Å². The van der Waals surface area contributed by atoms with Crippen molar-refractivity contribution in [2.24, 2.45) is 5.92 Å². The Kier molecular flexibility index (Phi) is 6.31. The van der Waals surface area contributed by atoms with Crippen molar-refractivity contribution in [3.8, 4) is 0 Å². The molecule has 0 radical (unpaired) electrons. The van der Waals surface area contributed by atoms with Gasteiger partial charge in [-0.15, -0.1) is 11.8 Å². The maximum Gasteiger partial charge on any atom is 0.335 e. The van der Waals surface area contributed by atoms with Crippen molar-refractivity contribution in [2.75, 3.05) is 11.5 Å². The zero-order valence-electron chi connectivity index (χ0n) is 10.7. The van der Waals surface area contributed by atoms with Crippen LogP contribution in [0.4, 0.5) is 5.69 Å². The molecule has 0 bridgehead atoms. The topological polar surface area (TPSA) is 101 Å². The Morgan fingerprint density at radius 2 is 2.20 bits per heavy atom. The van der Waals surface area contributed by atoms with Gasteiger partial charge in [0.15, 0.2) is 0 Å². The van der Waals surface area contributed by atoms with E-state index in [-0.39, 0.29) is 17.2 Å². The first kappa shape index (κ1) is 16.8. The summed E-state index contributed by atoms with van der Waals surface area (Å²) in [6, 6.07) is 3.80. The lowest BCUT2D eigenvalue weighted by atomic mass is 10.1. The number of hydrogen-bond acceptors (Lipinski definition) is 6. The second-order valence-corrected chi connectivity index (χ2v) is 5.71. The van der Waals surface area contributed by atoms with Crippen molar-refractivity contribution >= 4 is 36.0 Å². The van der Waals surface area contributed by atoms with Crippen LogP contribution in [0.2, 0.25) is 0 Å². The Hall–Kier alpha value is -1.25. The van der Waals surface area contributed by atoms with Gasteiger partial charge in [-0.05, 0) is 18.1 Å². The van der Waals surface area contributed by atoms with Crippen molar-refractivity contribution in [1.29, 1.82) is 0 Å². The minimum Gasteiger partial charge on any atom is -0.478 e. The molecule has 2 atom stereocenters. The lowest BCUT2D eigenvalue weighted by molar-refractivity contribution is -0.387. The second-order valence-electron chi connectivity index (χ2n) is 4.28. The number of rotatable bonds is 7. The number of aliphatic hydroxyl groups is 1. The average molecular weight is 317 g/mol. The van der Waals surface area contributed by atoms with Gasteiger partial charge in [0.05, 0.1) is 21.5 Å². The van der Waals surface area contributed by atoms with E-state index in [0.29, 0.717) is 16.4 Å². The fourth-order valence-electron chi connectivity index (χ4n) is 1.43. The fourth-order valence-corrected chi connectivity index (χ4v) is 2.90. The number of aromatic carboxylic acids is 1. The number of benzene rings is 1. The third kappa shape index (κ3) is 4.39. The lowest BCUT2D eigenvalue weighted by Crippen LogP contribution is -2.21. The Balaban J connectivity index is 2.89. The van der Waals surface area contributed by atoms with E-state index in [1.165, 1.54) is 23.9 Å². The molecule has 2 N–H and O–H groups in total. The van der Waals surface area contributed by atoms with E-state index >= 15 is 0 Å². The molecule has 0 spiro atoms. The Morgan fingerprint density at radius 3 is 2.70 bits per heavy atom. The van der Waals surface area contributed by atoms with E-state index in [4.69, 9.17) is 5.11 Å². The molecule has 0 aliphatic heterocycles. The summed E-state index contributed by atoms with van der Waals surface area (Å²) >= 11 is 5.21. The van der Waals surface area contributed by atoms with E-state index in [0.717, 1.165) is 6.07 Å². The molecule has 1 rings (SSSR count). The van der Waals surface area contributed by atoms with Gasteiger partial charge in [0, 0.05) is 17.6 Å². The van der Waals surface area contributed by atoms with Crippen LogP contribution in [0.25, 0.3) is 0 Å². The third-order valence-electron chi connectivity index (χ3n) is 2.75. The fraction of sp³-hybridized carbons (Fsp3) is 0.417. The number of thioether (sulfide) groups is 1. The molecule has 0 aliphatic carbocycles. The van der Waals surface area contributed by atoms with E-state index < -0.39 is 17.0 Å². The highest BCUT2D eigenvalue weighted by molar-refractivity contribution is 7.99. The largest absolute Gasteiger partial charge is 0.478 e. The van der Waals surface area contributed by atoms with Crippen LogP contribution in [0, 0.1) is 16.0 Å². The number of carboxylic acids is 1. The van der Waals surface area contributed by atoms with Crippen molar-refractivity contribution in [3.05, 3.63) is 33.9 Å². The number of carboxylic acid groups (broad SMARTS) is 1. The van der Waals surface area contributed by atoms with Gasteiger partial charge in [-0.2, -0.15) is 12.6 Å². The highest BCUT2D eigenvalue weighted by Crippen LogP contribution is 2.31. The van der Waals surface area contributed by atoms with Gasteiger partial charge in [0.1, 0.15) is 0 Å². The van der Waals surface area contributed by atoms with Gasteiger partial charge >= 0.3 is 5.97 Å². The summed E-state index contributed by atoms with van der Waals surface area (Å²) in [7, 11) is 0. The first-order valence-electron chi connectivity index (χ1n) is 5.80. The molecular formula is C12H15NO5S2. The molecule has 0 saturated heterocycles. The van der Waals surface area contributed by atoms with Crippen LogP contribution in [0.3, 0.4) is 0 Å². The Morgan fingerprint density at radius 1 is 1.55 bits per heavy atom. The number of nitrogens with zero attached hydrogens (tertiary/aromatic N) is 1. The molecule has 1 aromatic carbocycles. The van der Waals surface area contributed by atoms with Crippen LogP contribution >= 0.6 is 24.4 Å². The summed E-state index contributed by atoms with van der Waals surface area (Å²) in [5, 5.41) is 29.4. The summed E-state index contributed by atoms with van der Waals surface area (Å²) in [6.45, 7) is 1.82. The zero-order valence-corrected chi connectivity index (χ0v) is 12.4. The van der Waals surface area contributed by atoms with Crippen LogP contribution in [-0.4, -0.2) is 38.7 Å². The molecule has 0 saturated carbocycles. The minimum atomic E-state index is -1.21. The Bertz CT molecular complexity index is 509. The summed E-state index contributed by atoms with van der Waals surface area (Å²) in [4.78, 5) is 21.6. The minimum absolute atomic E-state index is 0.0729. The van der Waals surface area contributed by atoms with Crippen LogP contribution in [0.5, 0.6) is 0 Å². The summed E-state index contributed by atoms with van der Waals surface area (Å²) < 4.78 is 0. The number of nitro groups is 1. The third-order valence-corrected chi connectivity index (χ3v) is 4.47. The molecule has 0 aliphatic rings. The molecule has 8 heteroatoms. The van der Waals surface area contributed by atoms with Gasteiger partial charge < -0.3 is 10.2 Å². The molecule has 0 aromatic heterocycles. The number of hydrogen-bond donors (Lipinski definition) is 3. The van der Waals surface area contributed by atoms with Crippen LogP contribution in [0.15, 0.2) is 23.1 Å². The van der Waals surface area contributed by atoms with E-state index in [1.54, 1.807) is 0 Å². The van der Waals surface area contributed by atoms with Crippen LogP contribution in [-0.2, 0) is 0 Å². The van der Waals surface area contributed by atoms with Crippen molar-refractivity contribution in [1.82, 2.24) is 0 Å². The quantitative estimate of drug-likeness (QED) is 0.309. The monoisotopic (exact) mass is 317 g/mol. The molecule has 2 unspecified atom stereocenters. The maximum absolute atomic E-state index is 11.0.